The summed E-state index contributed by atoms with van der Waals surface area (Å²) in [4.78, 5) is 11.7. The van der Waals surface area contributed by atoms with Crippen LogP contribution in [0, 0.1) is 0 Å². The Morgan fingerprint density at radius 1 is 1.33 bits per heavy atom. The summed E-state index contributed by atoms with van der Waals surface area (Å²) in [5.74, 6) is -0.100. The van der Waals surface area contributed by atoms with E-state index in [-0.39, 0.29) is 11.7 Å². The molecule has 1 unspecified atom stereocenters. The number of nitrogens with one attached hydrogen (secondary N) is 1. The number of aliphatic hydroxyl groups is 1. The molecule has 0 aliphatic heterocycles. The van der Waals surface area contributed by atoms with Crippen LogP contribution in [0.25, 0.3) is 0 Å². The molecule has 1 aromatic carbocycles. The van der Waals surface area contributed by atoms with Gasteiger partial charge in [-0.15, -0.1) is 0 Å². The molecule has 4 nitrogen and oxygen atoms in total. The van der Waals surface area contributed by atoms with Crippen molar-refractivity contribution in [3.8, 4) is 5.75 Å². The Morgan fingerprint density at radius 2 is 1.94 bits per heavy atom. The third-order valence-electron chi connectivity index (χ3n) is 2.86. The van der Waals surface area contributed by atoms with Gasteiger partial charge < -0.3 is 15.5 Å². The average molecular weight is 251 g/mol. The Kier molecular flexibility index (Phi) is 5.16. The van der Waals surface area contributed by atoms with Gasteiger partial charge in [0.25, 0.3) is 5.91 Å². The highest BCUT2D eigenvalue weighted by molar-refractivity contribution is 5.84. The van der Waals surface area contributed by atoms with E-state index in [2.05, 4.69) is 5.32 Å². The lowest BCUT2D eigenvalue weighted by Gasteiger charge is -2.21. The smallest absolute Gasteiger partial charge is 0.251 e. The number of phenols is 1. The standard InChI is InChI=1S/C14H21NO3/c1-3-9-14(2,18)13(17)15-10-8-11-4-6-12(16)7-5-11/h4-7,16,18H,3,8-10H2,1-2H3,(H,15,17). The summed E-state index contributed by atoms with van der Waals surface area (Å²) in [6.45, 7) is 3.94. The summed E-state index contributed by atoms with van der Waals surface area (Å²) in [5.41, 5.74) is -0.257. The predicted octanol–water partition coefficient (Wildman–Crippen LogP) is 1.60. The van der Waals surface area contributed by atoms with E-state index in [0.717, 1.165) is 12.0 Å². The molecule has 1 atom stereocenters. The van der Waals surface area contributed by atoms with Crippen molar-refractivity contribution >= 4 is 5.91 Å². The second kappa shape index (κ2) is 6.40. The first-order valence-electron chi connectivity index (χ1n) is 6.24. The van der Waals surface area contributed by atoms with Crippen LogP contribution in [0.3, 0.4) is 0 Å². The average Bonchev–Trinajstić information content (AvgIpc) is 2.31. The van der Waals surface area contributed by atoms with Crippen molar-refractivity contribution in [2.45, 2.75) is 38.7 Å². The summed E-state index contributed by atoms with van der Waals surface area (Å²) >= 11 is 0. The third kappa shape index (κ3) is 4.37. The zero-order valence-corrected chi connectivity index (χ0v) is 10.9. The summed E-state index contributed by atoms with van der Waals surface area (Å²) in [6.07, 6.45) is 1.89. The van der Waals surface area contributed by atoms with Gasteiger partial charge in [-0.1, -0.05) is 25.5 Å². The number of amides is 1. The van der Waals surface area contributed by atoms with E-state index in [1.807, 2.05) is 19.1 Å². The van der Waals surface area contributed by atoms with Crippen LogP contribution in [-0.2, 0) is 11.2 Å². The molecular formula is C14H21NO3. The molecule has 18 heavy (non-hydrogen) atoms. The maximum atomic E-state index is 11.7. The van der Waals surface area contributed by atoms with Gasteiger partial charge in [0.05, 0.1) is 0 Å². The van der Waals surface area contributed by atoms with E-state index in [1.165, 1.54) is 6.92 Å². The number of benzene rings is 1. The van der Waals surface area contributed by atoms with Crippen molar-refractivity contribution in [3.63, 3.8) is 0 Å². The summed E-state index contributed by atoms with van der Waals surface area (Å²) in [5, 5.41) is 21.7. The molecule has 1 amide bonds. The second-order valence-corrected chi connectivity index (χ2v) is 4.70. The highest BCUT2D eigenvalue weighted by Crippen LogP contribution is 2.12. The van der Waals surface area contributed by atoms with Gasteiger partial charge in [-0.05, 0) is 37.5 Å². The highest BCUT2D eigenvalue weighted by atomic mass is 16.3. The molecular weight excluding hydrogens is 230 g/mol. The Morgan fingerprint density at radius 3 is 2.50 bits per heavy atom. The number of aromatic hydroxyl groups is 1. The summed E-state index contributed by atoms with van der Waals surface area (Å²) in [6, 6.07) is 6.85. The minimum atomic E-state index is -1.29. The van der Waals surface area contributed by atoms with E-state index in [4.69, 9.17) is 5.11 Å². The number of rotatable bonds is 6. The second-order valence-electron chi connectivity index (χ2n) is 4.70. The van der Waals surface area contributed by atoms with Gasteiger partial charge in [0, 0.05) is 6.54 Å². The van der Waals surface area contributed by atoms with E-state index >= 15 is 0 Å². The Balaban J connectivity index is 2.37. The predicted molar refractivity (Wildman–Crippen MR) is 70.4 cm³/mol. The normalized spacial score (nSPS) is 13.9. The molecule has 4 heteroatoms. The van der Waals surface area contributed by atoms with Crippen LogP contribution < -0.4 is 5.32 Å². The van der Waals surface area contributed by atoms with Gasteiger partial charge in [-0.25, -0.2) is 0 Å². The largest absolute Gasteiger partial charge is 0.508 e. The minimum Gasteiger partial charge on any atom is -0.508 e. The summed E-state index contributed by atoms with van der Waals surface area (Å²) < 4.78 is 0. The van der Waals surface area contributed by atoms with E-state index in [9.17, 15) is 9.90 Å². The van der Waals surface area contributed by atoms with Crippen LogP contribution in [0.1, 0.15) is 32.3 Å². The summed E-state index contributed by atoms with van der Waals surface area (Å²) in [7, 11) is 0. The van der Waals surface area contributed by atoms with Crippen LogP contribution in [0.2, 0.25) is 0 Å². The Labute approximate surface area is 108 Å². The van der Waals surface area contributed by atoms with Crippen LogP contribution in [0.15, 0.2) is 24.3 Å². The number of carbonyl (C=O) groups is 1. The van der Waals surface area contributed by atoms with Crippen LogP contribution in [0.5, 0.6) is 5.75 Å². The molecule has 1 aromatic rings. The van der Waals surface area contributed by atoms with Crippen molar-refractivity contribution in [1.29, 1.82) is 0 Å². The molecule has 3 N–H and O–H groups in total. The molecule has 0 saturated carbocycles. The first kappa shape index (κ1) is 14.5. The number of carbonyl (C=O) groups excluding carboxylic acids is 1. The monoisotopic (exact) mass is 251 g/mol. The van der Waals surface area contributed by atoms with Gasteiger partial charge >= 0.3 is 0 Å². The lowest BCUT2D eigenvalue weighted by molar-refractivity contribution is -0.138. The zero-order chi connectivity index (χ0) is 13.6. The zero-order valence-electron chi connectivity index (χ0n) is 10.9. The number of phenolic OH excluding ortho intramolecular Hbond substituents is 1. The molecule has 0 aliphatic rings. The van der Waals surface area contributed by atoms with Gasteiger partial charge in [0.2, 0.25) is 0 Å². The molecule has 0 fully saturated rings. The number of hydrogen-bond donors (Lipinski definition) is 3. The minimum absolute atomic E-state index is 0.230. The highest BCUT2D eigenvalue weighted by Gasteiger charge is 2.28. The quantitative estimate of drug-likeness (QED) is 0.719. The van der Waals surface area contributed by atoms with Gasteiger partial charge in [0.1, 0.15) is 11.4 Å². The molecule has 0 saturated heterocycles. The lowest BCUT2D eigenvalue weighted by atomic mass is 10.00. The fourth-order valence-corrected chi connectivity index (χ4v) is 1.77. The molecule has 100 valence electrons. The van der Waals surface area contributed by atoms with Crippen molar-refractivity contribution in [2.24, 2.45) is 0 Å². The van der Waals surface area contributed by atoms with Crippen molar-refractivity contribution in [1.82, 2.24) is 5.32 Å². The van der Waals surface area contributed by atoms with Crippen LogP contribution in [-0.4, -0.2) is 28.3 Å². The number of hydrogen-bond acceptors (Lipinski definition) is 3. The van der Waals surface area contributed by atoms with Crippen LogP contribution in [0.4, 0.5) is 0 Å². The fraction of sp³-hybridized carbons (Fsp3) is 0.500. The third-order valence-corrected chi connectivity index (χ3v) is 2.86. The Hall–Kier alpha value is -1.55. The SMILES string of the molecule is CCCC(C)(O)C(=O)NCCc1ccc(O)cc1. The van der Waals surface area contributed by atoms with Gasteiger partial charge in [-0.3, -0.25) is 4.79 Å². The fourth-order valence-electron chi connectivity index (χ4n) is 1.77. The van der Waals surface area contributed by atoms with Crippen molar-refractivity contribution in [3.05, 3.63) is 29.8 Å². The molecule has 0 bridgehead atoms. The lowest BCUT2D eigenvalue weighted by Crippen LogP contribution is -2.44. The first-order chi connectivity index (χ1) is 8.45. The topological polar surface area (TPSA) is 69.6 Å². The van der Waals surface area contributed by atoms with Crippen molar-refractivity contribution < 1.29 is 15.0 Å². The molecule has 0 aliphatic carbocycles. The Bertz CT molecular complexity index is 385. The van der Waals surface area contributed by atoms with Gasteiger partial charge in [-0.2, -0.15) is 0 Å². The molecule has 0 spiro atoms. The van der Waals surface area contributed by atoms with Crippen molar-refractivity contribution in [2.75, 3.05) is 6.54 Å². The maximum absolute atomic E-state index is 11.7. The van der Waals surface area contributed by atoms with E-state index in [0.29, 0.717) is 19.4 Å². The molecule has 0 radical (unpaired) electrons. The maximum Gasteiger partial charge on any atom is 0.251 e. The molecule has 1 rings (SSSR count). The molecule has 0 aromatic heterocycles. The van der Waals surface area contributed by atoms with Gasteiger partial charge in [0.15, 0.2) is 0 Å². The van der Waals surface area contributed by atoms with Crippen LogP contribution >= 0.6 is 0 Å². The van der Waals surface area contributed by atoms with E-state index < -0.39 is 5.60 Å². The first-order valence-corrected chi connectivity index (χ1v) is 6.24. The molecule has 0 heterocycles. The van der Waals surface area contributed by atoms with E-state index in [1.54, 1.807) is 12.1 Å².